The predicted molar refractivity (Wildman–Crippen MR) is 104 cm³/mol. The second-order valence-corrected chi connectivity index (χ2v) is 6.62. The summed E-state index contributed by atoms with van der Waals surface area (Å²) in [4.78, 5) is 6.94. The Labute approximate surface area is 148 Å². The van der Waals surface area contributed by atoms with Gasteiger partial charge in [0.15, 0.2) is 5.96 Å². The number of aliphatic imine (C=N–C) groups is 1. The van der Waals surface area contributed by atoms with Gasteiger partial charge in [0.2, 0.25) is 0 Å². The SMILES string of the molecule is CN=C(NCCC(C)C)NCC(C(C)C)N1CCCC1.I. The van der Waals surface area contributed by atoms with Crippen molar-refractivity contribution in [2.75, 3.05) is 33.2 Å². The molecule has 1 aliphatic heterocycles. The van der Waals surface area contributed by atoms with E-state index in [1.807, 2.05) is 7.05 Å². The van der Waals surface area contributed by atoms with Crippen LogP contribution in [-0.4, -0.2) is 50.1 Å². The minimum Gasteiger partial charge on any atom is -0.356 e. The van der Waals surface area contributed by atoms with Crippen molar-refractivity contribution in [2.45, 2.75) is 53.0 Å². The van der Waals surface area contributed by atoms with E-state index in [0.29, 0.717) is 12.0 Å². The summed E-state index contributed by atoms with van der Waals surface area (Å²) >= 11 is 0. The average molecular weight is 410 g/mol. The molecule has 21 heavy (non-hydrogen) atoms. The van der Waals surface area contributed by atoms with Gasteiger partial charge >= 0.3 is 0 Å². The molecule has 1 saturated heterocycles. The molecule has 0 aromatic carbocycles. The lowest BCUT2D eigenvalue weighted by atomic mass is 10.0. The van der Waals surface area contributed by atoms with Crippen molar-refractivity contribution in [1.29, 1.82) is 0 Å². The van der Waals surface area contributed by atoms with E-state index >= 15 is 0 Å². The lowest BCUT2D eigenvalue weighted by molar-refractivity contribution is 0.192. The van der Waals surface area contributed by atoms with Gasteiger partial charge in [0, 0.05) is 26.2 Å². The van der Waals surface area contributed by atoms with Crippen molar-refractivity contribution in [1.82, 2.24) is 15.5 Å². The summed E-state index contributed by atoms with van der Waals surface area (Å²) < 4.78 is 0. The highest BCUT2D eigenvalue weighted by molar-refractivity contribution is 14.0. The van der Waals surface area contributed by atoms with Gasteiger partial charge in [-0.3, -0.25) is 9.89 Å². The first-order valence-corrected chi connectivity index (χ1v) is 8.23. The van der Waals surface area contributed by atoms with Crippen molar-refractivity contribution in [2.24, 2.45) is 16.8 Å². The molecule has 126 valence electrons. The van der Waals surface area contributed by atoms with Gasteiger partial charge in [-0.2, -0.15) is 0 Å². The molecule has 1 atom stereocenters. The first kappa shape index (κ1) is 21.0. The molecule has 0 saturated carbocycles. The van der Waals surface area contributed by atoms with Crippen molar-refractivity contribution in [3.63, 3.8) is 0 Å². The van der Waals surface area contributed by atoms with Crippen LogP contribution in [0.3, 0.4) is 0 Å². The molecule has 4 nitrogen and oxygen atoms in total. The molecule has 1 rings (SSSR count). The Hall–Kier alpha value is -0.0400. The third kappa shape index (κ3) is 8.24. The third-order valence-corrected chi connectivity index (χ3v) is 4.10. The maximum atomic E-state index is 4.32. The van der Waals surface area contributed by atoms with Crippen LogP contribution in [0.5, 0.6) is 0 Å². The van der Waals surface area contributed by atoms with E-state index in [-0.39, 0.29) is 24.0 Å². The van der Waals surface area contributed by atoms with Gasteiger partial charge < -0.3 is 10.6 Å². The normalized spacial score (nSPS) is 18.0. The molecule has 0 spiro atoms. The van der Waals surface area contributed by atoms with Crippen molar-refractivity contribution in [3.8, 4) is 0 Å². The topological polar surface area (TPSA) is 39.7 Å². The minimum absolute atomic E-state index is 0. The first-order valence-electron chi connectivity index (χ1n) is 8.23. The molecule has 1 unspecified atom stereocenters. The highest BCUT2D eigenvalue weighted by Gasteiger charge is 2.24. The summed E-state index contributed by atoms with van der Waals surface area (Å²) in [5, 5.41) is 6.90. The fraction of sp³-hybridized carbons (Fsp3) is 0.938. The number of guanidine groups is 1. The van der Waals surface area contributed by atoms with Gasteiger partial charge in [-0.1, -0.05) is 27.7 Å². The van der Waals surface area contributed by atoms with Gasteiger partial charge in [-0.25, -0.2) is 0 Å². The van der Waals surface area contributed by atoms with E-state index < -0.39 is 0 Å². The Morgan fingerprint density at radius 2 is 1.71 bits per heavy atom. The summed E-state index contributed by atoms with van der Waals surface area (Å²) in [7, 11) is 1.85. The lowest BCUT2D eigenvalue weighted by Gasteiger charge is -2.31. The van der Waals surface area contributed by atoms with Crippen molar-refractivity contribution in [3.05, 3.63) is 0 Å². The van der Waals surface area contributed by atoms with Crippen LogP contribution in [0, 0.1) is 11.8 Å². The van der Waals surface area contributed by atoms with E-state index in [2.05, 4.69) is 48.2 Å². The van der Waals surface area contributed by atoms with Crippen LogP contribution >= 0.6 is 24.0 Å². The third-order valence-electron chi connectivity index (χ3n) is 4.10. The summed E-state index contributed by atoms with van der Waals surface area (Å²) in [6, 6.07) is 0.612. The zero-order valence-corrected chi connectivity index (χ0v) is 16.8. The largest absolute Gasteiger partial charge is 0.356 e. The number of hydrogen-bond donors (Lipinski definition) is 2. The second-order valence-electron chi connectivity index (χ2n) is 6.62. The Bertz CT molecular complexity index is 286. The van der Waals surface area contributed by atoms with Crippen LogP contribution < -0.4 is 10.6 Å². The average Bonchev–Trinajstić information content (AvgIpc) is 2.90. The molecule has 0 amide bonds. The van der Waals surface area contributed by atoms with Gasteiger partial charge in [0.1, 0.15) is 0 Å². The van der Waals surface area contributed by atoms with Crippen molar-refractivity contribution < 1.29 is 0 Å². The van der Waals surface area contributed by atoms with Crippen LogP contribution in [0.25, 0.3) is 0 Å². The van der Waals surface area contributed by atoms with Crippen LogP contribution in [0.1, 0.15) is 47.0 Å². The van der Waals surface area contributed by atoms with Gasteiger partial charge in [-0.05, 0) is 44.2 Å². The zero-order chi connectivity index (χ0) is 15.0. The molecule has 0 aromatic rings. The maximum Gasteiger partial charge on any atom is 0.191 e. The van der Waals surface area contributed by atoms with Gasteiger partial charge in [-0.15, -0.1) is 24.0 Å². The molecular formula is C16H35IN4. The fourth-order valence-corrected chi connectivity index (χ4v) is 2.76. The Morgan fingerprint density at radius 3 is 2.19 bits per heavy atom. The maximum absolute atomic E-state index is 4.32. The molecule has 1 heterocycles. The second kappa shape index (κ2) is 11.5. The summed E-state index contributed by atoms with van der Waals surface area (Å²) in [6.07, 6.45) is 3.88. The van der Waals surface area contributed by atoms with E-state index in [4.69, 9.17) is 0 Å². The van der Waals surface area contributed by atoms with E-state index in [0.717, 1.165) is 25.0 Å². The smallest absolute Gasteiger partial charge is 0.191 e. The highest BCUT2D eigenvalue weighted by atomic mass is 127. The standard InChI is InChI=1S/C16H34N4.HI/c1-13(2)8-9-18-16(17-5)19-12-15(14(3)4)20-10-6-7-11-20;/h13-15H,6-12H2,1-5H3,(H2,17,18,19);1H. The molecule has 2 N–H and O–H groups in total. The summed E-state index contributed by atoms with van der Waals surface area (Å²) in [6.45, 7) is 13.6. The van der Waals surface area contributed by atoms with Gasteiger partial charge in [0.25, 0.3) is 0 Å². The molecular weight excluding hydrogens is 375 g/mol. The van der Waals surface area contributed by atoms with E-state index in [1.54, 1.807) is 0 Å². The molecule has 0 radical (unpaired) electrons. The number of likely N-dealkylation sites (tertiary alicyclic amines) is 1. The van der Waals surface area contributed by atoms with E-state index in [1.165, 1.54) is 32.4 Å². The summed E-state index contributed by atoms with van der Waals surface area (Å²) in [5.74, 6) is 2.35. The number of halogens is 1. The van der Waals surface area contributed by atoms with Gasteiger partial charge in [0.05, 0.1) is 0 Å². The van der Waals surface area contributed by atoms with Crippen LogP contribution in [0.15, 0.2) is 4.99 Å². The quantitative estimate of drug-likeness (QED) is 0.385. The van der Waals surface area contributed by atoms with Crippen molar-refractivity contribution >= 4 is 29.9 Å². The molecule has 1 fully saturated rings. The molecule has 5 heteroatoms. The van der Waals surface area contributed by atoms with E-state index in [9.17, 15) is 0 Å². The predicted octanol–water partition coefficient (Wildman–Crippen LogP) is 2.94. The number of rotatable bonds is 7. The highest BCUT2D eigenvalue weighted by Crippen LogP contribution is 2.16. The Kier molecular flexibility index (Phi) is 11.5. The molecule has 0 bridgehead atoms. The Morgan fingerprint density at radius 1 is 1.10 bits per heavy atom. The summed E-state index contributed by atoms with van der Waals surface area (Å²) in [5.41, 5.74) is 0. The Balaban J connectivity index is 0.00000400. The monoisotopic (exact) mass is 410 g/mol. The molecule has 0 aromatic heterocycles. The van der Waals surface area contributed by atoms with Crippen LogP contribution in [0.2, 0.25) is 0 Å². The lowest BCUT2D eigenvalue weighted by Crippen LogP contribution is -2.48. The minimum atomic E-state index is 0. The fourth-order valence-electron chi connectivity index (χ4n) is 2.76. The number of nitrogens with one attached hydrogen (secondary N) is 2. The zero-order valence-electron chi connectivity index (χ0n) is 14.5. The number of hydrogen-bond acceptors (Lipinski definition) is 2. The molecule has 1 aliphatic rings. The number of nitrogens with zero attached hydrogens (tertiary/aromatic N) is 2. The first-order chi connectivity index (χ1) is 9.54. The van der Waals surface area contributed by atoms with Crippen LogP contribution in [-0.2, 0) is 0 Å². The van der Waals surface area contributed by atoms with Crippen LogP contribution in [0.4, 0.5) is 0 Å². The molecule has 0 aliphatic carbocycles.